The maximum atomic E-state index is 11.8. The predicted octanol–water partition coefficient (Wildman–Crippen LogP) is 3.71. The van der Waals surface area contributed by atoms with E-state index >= 15 is 0 Å². The van der Waals surface area contributed by atoms with Crippen LogP contribution in [0.25, 0.3) is 0 Å². The quantitative estimate of drug-likeness (QED) is 0.871. The number of amides is 1. The number of carbonyl (C=O) groups excluding carboxylic acids is 1. The monoisotopic (exact) mass is 323 g/mol. The number of carbonyl (C=O) groups is 1. The number of aryl methyl sites for hydroxylation is 1. The molecular weight excluding hydrogens is 314 g/mol. The Morgan fingerprint density at radius 3 is 3.00 bits per heavy atom. The first-order valence-electron chi connectivity index (χ1n) is 5.63. The maximum Gasteiger partial charge on any atom is 0.234 e. The van der Waals surface area contributed by atoms with E-state index in [0.717, 1.165) is 10.0 Å². The topological polar surface area (TPSA) is 65.8 Å². The molecule has 4 nitrogen and oxygen atoms in total. The van der Waals surface area contributed by atoms with Crippen molar-refractivity contribution in [3.8, 4) is 6.07 Å². The summed E-state index contributed by atoms with van der Waals surface area (Å²) in [5.41, 5.74) is 1.92. The highest BCUT2D eigenvalue weighted by atomic mass is 35.5. The number of nitriles is 1. The van der Waals surface area contributed by atoms with Crippen molar-refractivity contribution < 1.29 is 4.79 Å². The minimum atomic E-state index is -0.136. The first-order chi connectivity index (χ1) is 9.58. The van der Waals surface area contributed by atoms with Crippen molar-refractivity contribution in [2.24, 2.45) is 0 Å². The predicted molar refractivity (Wildman–Crippen MR) is 82.4 cm³/mol. The first-order valence-corrected chi connectivity index (χ1v) is 7.87. The van der Waals surface area contributed by atoms with Crippen molar-refractivity contribution in [3.63, 3.8) is 0 Å². The van der Waals surface area contributed by atoms with Crippen LogP contribution in [0.3, 0.4) is 0 Å². The van der Waals surface area contributed by atoms with Crippen LogP contribution in [0.2, 0.25) is 5.02 Å². The summed E-state index contributed by atoms with van der Waals surface area (Å²) in [7, 11) is 0. The zero-order valence-corrected chi connectivity index (χ0v) is 12.9. The van der Waals surface area contributed by atoms with Crippen LogP contribution in [0.1, 0.15) is 11.3 Å². The van der Waals surface area contributed by atoms with E-state index in [1.807, 2.05) is 18.4 Å². The van der Waals surface area contributed by atoms with Gasteiger partial charge >= 0.3 is 0 Å². The van der Waals surface area contributed by atoms with Crippen LogP contribution in [0.15, 0.2) is 27.9 Å². The second-order valence-corrected chi connectivity index (χ2v) is 6.39. The number of hydrogen-bond donors (Lipinski definition) is 1. The van der Waals surface area contributed by atoms with Crippen LogP contribution in [0.5, 0.6) is 0 Å². The molecule has 0 fully saturated rings. The zero-order valence-electron chi connectivity index (χ0n) is 10.5. The Bertz CT molecular complexity index is 678. The van der Waals surface area contributed by atoms with Gasteiger partial charge in [-0.25, -0.2) is 4.98 Å². The van der Waals surface area contributed by atoms with Gasteiger partial charge in [-0.15, -0.1) is 11.3 Å². The molecule has 0 aliphatic heterocycles. The number of aromatic nitrogens is 1. The van der Waals surface area contributed by atoms with Gasteiger partial charge in [0.25, 0.3) is 0 Å². The molecule has 20 heavy (non-hydrogen) atoms. The number of hydrogen-bond acceptors (Lipinski definition) is 5. The highest BCUT2D eigenvalue weighted by molar-refractivity contribution is 8.01. The van der Waals surface area contributed by atoms with Gasteiger partial charge < -0.3 is 5.32 Å². The molecule has 0 saturated heterocycles. The van der Waals surface area contributed by atoms with E-state index in [1.54, 1.807) is 18.2 Å². The molecule has 0 spiro atoms. The largest absolute Gasteiger partial charge is 0.325 e. The van der Waals surface area contributed by atoms with Gasteiger partial charge in [-0.1, -0.05) is 23.4 Å². The Balaban J connectivity index is 1.91. The molecule has 1 aromatic heterocycles. The highest BCUT2D eigenvalue weighted by Crippen LogP contribution is 2.23. The van der Waals surface area contributed by atoms with Crippen LogP contribution >= 0.6 is 34.7 Å². The smallest absolute Gasteiger partial charge is 0.234 e. The van der Waals surface area contributed by atoms with Gasteiger partial charge in [-0.3, -0.25) is 4.79 Å². The minimum absolute atomic E-state index is 0.136. The molecule has 0 radical (unpaired) electrons. The Kier molecular flexibility index (Phi) is 5.01. The third-order valence-corrected chi connectivity index (χ3v) is 4.75. The highest BCUT2D eigenvalue weighted by Gasteiger charge is 2.07. The molecule has 0 bridgehead atoms. The Morgan fingerprint density at radius 1 is 1.60 bits per heavy atom. The van der Waals surface area contributed by atoms with E-state index in [1.165, 1.54) is 23.1 Å². The number of halogens is 1. The summed E-state index contributed by atoms with van der Waals surface area (Å²) >= 11 is 8.81. The van der Waals surface area contributed by atoms with Crippen LogP contribution in [0.4, 0.5) is 5.69 Å². The van der Waals surface area contributed by atoms with Gasteiger partial charge in [0, 0.05) is 16.8 Å². The number of rotatable bonds is 4. The van der Waals surface area contributed by atoms with E-state index in [0.29, 0.717) is 16.3 Å². The standard InChI is InChI=1S/C13H10ClN3OS2/c1-8-6-19-13(16-8)20-7-12(18)17-10-3-2-9(5-15)11(14)4-10/h2-4,6H,7H2,1H3,(H,17,18). The Labute approximate surface area is 129 Å². The van der Waals surface area contributed by atoms with Crippen molar-refractivity contribution in [1.82, 2.24) is 4.98 Å². The summed E-state index contributed by atoms with van der Waals surface area (Å²) in [6.07, 6.45) is 0. The lowest BCUT2D eigenvalue weighted by Gasteiger charge is -2.05. The van der Waals surface area contributed by atoms with E-state index in [9.17, 15) is 4.79 Å². The fourth-order valence-corrected chi connectivity index (χ4v) is 3.28. The minimum Gasteiger partial charge on any atom is -0.325 e. The van der Waals surface area contributed by atoms with Gasteiger partial charge in [0.15, 0.2) is 4.34 Å². The fourth-order valence-electron chi connectivity index (χ4n) is 1.41. The third kappa shape index (κ3) is 3.97. The number of thiazole rings is 1. The number of thioether (sulfide) groups is 1. The van der Waals surface area contributed by atoms with Gasteiger partial charge in [0.2, 0.25) is 5.91 Å². The van der Waals surface area contributed by atoms with Crippen molar-refractivity contribution in [2.45, 2.75) is 11.3 Å². The van der Waals surface area contributed by atoms with E-state index < -0.39 is 0 Å². The van der Waals surface area contributed by atoms with Crippen molar-refractivity contribution in [2.75, 3.05) is 11.1 Å². The van der Waals surface area contributed by atoms with Crippen LogP contribution < -0.4 is 5.32 Å². The molecule has 1 heterocycles. The molecule has 0 aliphatic carbocycles. The summed E-state index contributed by atoms with van der Waals surface area (Å²) < 4.78 is 0.871. The normalized spacial score (nSPS) is 10.1. The maximum absolute atomic E-state index is 11.8. The van der Waals surface area contributed by atoms with Gasteiger partial charge in [0.1, 0.15) is 6.07 Å². The van der Waals surface area contributed by atoms with Crippen LogP contribution in [-0.2, 0) is 4.79 Å². The molecule has 0 unspecified atom stereocenters. The molecular formula is C13H10ClN3OS2. The zero-order chi connectivity index (χ0) is 14.5. The van der Waals surface area contributed by atoms with E-state index in [-0.39, 0.29) is 11.7 Å². The van der Waals surface area contributed by atoms with Crippen LogP contribution in [-0.4, -0.2) is 16.6 Å². The molecule has 0 aliphatic rings. The molecule has 2 aromatic rings. The lowest BCUT2D eigenvalue weighted by molar-refractivity contribution is -0.113. The van der Waals surface area contributed by atoms with E-state index in [2.05, 4.69) is 10.3 Å². The lowest BCUT2D eigenvalue weighted by Crippen LogP contribution is -2.13. The molecule has 0 saturated carbocycles. The second-order valence-electron chi connectivity index (χ2n) is 3.90. The summed E-state index contributed by atoms with van der Waals surface area (Å²) in [5.74, 6) is 0.147. The van der Waals surface area contributed by atoms with Crippen molar-refractivity contribution >= 4 is 46.3 Å². The number of nitrogens with one attached hydrogen (secondary N) is 1. The SMILES string of the molecule is Cc1csc(SCC(=O)Nc2ccc(C#N)c(Cl)c2)n1. The first kappa shape index (κ1) is 14.9. The molecule has 1 N–H and O–H groups in total. The number of benzene rings is 1. The summed E-state index contributed by atoms with van der Waals surface area (Å²) in [6, 6.07) is 6.77. The molecule has 2 rings (SSSR count). The van der Waals surface area contributed by atoms with Gasteiger partial charge in [-0.05, 0) is 25.1 Å². The molecule has 1 aromatic carbocycles. The molecule has 0 atom stereocenters. The Morgan fingerprint density at radius 2 is 2.40 bits per heavy atom. The average molecular weight is 324 g/mol. The second kappa shape index (κ2) is 6.75. The molecule has 7 heteroatoms. The van der Waals surface area contributed by atoms with Crippen molar-refractivity contribution in [1.29, 1.82) is 5.26 Å². The van der Waals surface area contributed by atoms with Crippen molar-refractivity contribution in [3.05, 3.63) is 39.9 Å². The fraction of sp³-hybridized carbons (Fsp3) is 0.154. The average Bonchev–Trinajstić information content (AvgIpc) is 2.82. The van der Waals surface area contributed by atoms with Gasteiger partial charge in [0.05, 0.1) is 16.3 Å². The third-order valence-electron chi connectivity index (χ3n) is 2.30. The van der Waals surface area contributed by atoms with Gasteiger partial charge in [-0.2, -0.15) is 5.26 Å². The number of nitrogens with zero attached hydrogens (tertiary/aromatic N) is 2. The number of anilines is 1. The van der Waals surface area contributed by atoms with Crippen LogP contribution in [0, 0.1) is 18.3 Å². The summed E-state index contributed by atoms with van der Waals surface area (Å²) in [5, 5.41) is 13.8. The summed E-state index contributed by atoms with van der Waals surface area (Å²) in [4.78, 5) is 16.1. The lowest BCUT2D eigenvalue weighted by atomic mass is 10.2. The molecule has 102 valence electrons. The summed E-state index contributed by atoms with van der Waals surface area (Å²) in [6.45, 7) is 1.92. The Hall–Kier alpha value is -1.55. The van der Waals surface area contributed by atoms with E-state index in [4.69, 9.17) is 16.9 Å². The molecule has 1 amide bonds.